The van der Waals surface area contributed by atoms with E-state index in [0.717, 1.165) is 50.3 Å². The smallest absolute Gasteiger partial charge is 0.281 e. The Morgan fingerprint density at radius 2 is 1.71 bits per heavy atom. The number of nitrogens with zero attached hydrogens (tertiary/aromatic N) is 6. The SMILES string of the molecule is Cc1ccc(S(=O)(=O)c2n[nH]n3c2nc(=O)c2ccc(N4CCN(CC(=O)N5C(C)CCC5C)CC4)cc23)c(C)c1. The van der Waals surface area contributed by atoms with E-state index in [1.54, 1.807) is 31.2 Å². The Balaban J connectivity index is 1.26. The molecule has 2 saturated heterocycles. The van der Waals surface area contributed by atoms with Gasteiger partial charge in [0.15, 0.2) is 5.65 Å². The van der Waals surface area contributed by atoms with Gasteiger partial charge in [-0.2, -0.15) is 4.98 Å². The lowest BCUT2D eigenvalue weighted by atomic mass is 10.2. The first-order valence-electron chi connectivity index (χ1n) is 14.1. The Morgan fingerprint density at radius 1 is 1.00 bits per heavy atom. The Labute approximate surface area is 238 Å². The molecule has 1 amide bonds. The number of aryl methyl sites for hydroxylation is 2. The van der Waals surface area contributed by atoms with Crippen molar-refractivity contribution < 1.29 is 13.2 Å². The molecule has 2 aromatic heterocycles. The van der Waals surface area contributed by atoms with Crippen LogP contribution in [-0.4, -0.2) is 88.7 Å². The Bertz CT molecular complexity index is 1810. The molecule has 2 aliphatic heterocycles. The lowest BCUT2D eigenvalue weighted by Gasteiger charge is -2.37. The monoisotopic (exact) mass is 577 g/mol. The summed E-state index contributed by atoms with van der Waals surface area (Å²) in [5.41, 5.74) is 2.40. The number of hydrogen-bond donors (Lipinski definition) is 1. The van der Waals surface area contributed by atoms with Gasteiger partial charge in [-0.05, 0) is 70.4 Å². The van der Waals surface area contributed by atoms with Gasteiger partial charge < -0.3 is 9.80 Å². The molecule has 216 valence electrons. The third-order valence-corrected chi connectivity index (χ3v) is 10.3. The number of amides is 1. The van der Waals surface area contributed by atoms with Crippen molar-refractivity contribution in [3.63, 3.8) is 0 Å². The molecule has 2 atom stereocenters. The fourth-order valence-electron chi connectivity index (χ4n) is 6.30. The molecular weight excluding hydrogens is 542 g/mol. The number of benzene rings is 2. The minimum atomic E-state index is -4.03. The van der Waals surface area contributed by atoms with Crippen LogP contribution in [0.25, 0.3) is 16.6 Å². The van der Waals surface area contributed by atoms with Crippen LogP contribution in [-0.2, 0) is 14.6 Å². The van der Waals surface area contributed by atoms with Crippen LogP contribution >= 0.6 is 0 Å². The van der Waals surface area contributed by atoms with Crippen LogP contribution in [0.15, 0.2) is 51.1 Å². The predicted molar refractivity (Wildman–Crippen MR) is 156 cm³/mol. The van der Waals surface area contributed by atoms with Gasteiger partial charge in [-0.15, -0.1) is 5.10 Å². The van der Waals surface area contributed by atoms with Crippen LogP contribution in [0.3, 0.4) is 0 Å². The van der Waals surface area contributed by atoms with E-state index >= 15 is 0 Å². The van der Waals surface area contributed by atoms with E-state index in [2.05, 4.69) is 38.9 Å². The van der Waals surface area contributed by atoms with Crippen LogP contribution in [0.2, 0.25) is 0 Å². The van der Waals surface area contributed by atoms with Crippen LogP contribution in [0.1, 0.15) is 37.8 Å². The van der Waals surface area contributed by atoms with E-state index in [9.17, 15) is 18.0 Å². The third kappa shape index (κ3) is 4.78. The predicted octanol–water partition coefficient (Wildman–Crippen LogP) is 2.54. The molecule has 41 heavy (non-hydrogen) atoms. The number of H-pyrrole nitrogens is 1. The molecule has 2 aromatic carbocycles. The highest BCUT2D eigenvalue weighted by Crippen LogP contribution is 2.28. The molecule has 11 nitrogen and oxygen atoms in total. The highest BCUT2D eigenvalue weighted by molar-refractivity contribution is 7.91. The van der Waals surface area contributed by atoms with Crippen LogP contribution < -0.4 is 10.5 Å². The second-order valence-corrected chi connectivity index (χ2v) is 13.2. The lowest BCUT2D eigenvalue weighted by Crippen LogP contribution is -2.51. The molecule has 4 aromatic rings. The number of carbonyl (C=O) groups is 1. The van der Waals surface area contributed by atoms with Crippen molar-refractivity contribution in [2.24, 2.45) is 0 Å². The maximum atomic E-state index is 13.6. The number of hydrogen-bond acceptors (Lipinski definition) is 8. The summed E-state index contributed by atoms with van der Waals surface area (Å²) in [6.07, 6.45) is 2.12. The van der Waals surface area contributed by atoms with Gasteiger partial charge in [-0.3, -0.25) is 14.5 Å². The van der Waals surface area contributed by atoms with E-state index < -0.39 is 15.4 Å². The van der Waals surface area contributed by atoms with Gasteiger partial charge in [0.1, 0.15) is 0 Å². The minimum absolute atomic E-state index is 0.0340. The summed E-state index contributed by atoms with van der Waals surface area (Å²) in [5, 5.41) is 6.97. The molecule has 0 aliphatic carbocycles. The van der Waals surface area contributed by atoms with Gasteiger partial charge in [0.05, 0.1) is 22.3 Å². The van der Waals surface area contributed by atoms with Crippen molar-refractivity contribution >= 4 is 38.0 Å². The molecule has 4 heterocycles. The number of aromatic nitrogens is 4. The molecule has 2 aliphatic rings. The van der Waals surface area contributed by atoms with Crippen LogP contribution in [0, 0.1) is 13.8 Å². The standard InChI is InChI=1S/C29H35N7O4S/c1-18-5-10-25(19(2)15-18)41(39,40)29-27-30-28(38)23-9-8-22(16-24(23)36(27)32-31-29)34-13-11-33(12-14-34)17-26(37)35-20(3)6-7-21(35)4/h5,8-10,15-16,20-21,32H,6-7,11-14,17H2,1-4H3. The normalized spacial score (nSPS) is 20.4. The Kier molecular flexibility index (Phi) is 6.85. The second kappa shape index (κ2) is 10.3. The number of anilines is 1. The molecule has 6 rings (SSSR count). The molecule has 0 radical (unpaired) electrons. The molecule has 2 fully saturated rings. The van der Waals surface area contributed by atoms with Crippen LogP contribution in [0.4, 0.5) is 5.69 Å². The van der Waals surface area contributed by atoms with Crippen molar-refractivity contribution in [2.45, 2.75) is 62.5 Å². The average Bonchev–Trinajstić information content (AvgIpc) is 3.51. The topological polar surface area (TPSA) is 124 Å². The zero-order chi connectivity index (χ0) is 29.1. The highest BCUT2D eigenvalue weighted by atomic mass is 32.2. The maximum Gasteiger partial charge on any atom is 0.281 e. The third-order valence-electron chi connectivity index (χ3n) is 8.53. The number of sulfone groups is 1. The van der Waals surface area contributed by atoms with Gasteiger partial charge in [0, 0.05) is 44.0 Å². The van der Waals surface area contributed by atoms with E-state index in [1.807, 2.05) is 24.0 Å². The molecule has 12 heteroatoms. The fourth-order valence-corrected chi connectivity index (χ4v) is 7.78. The lowest BCUT2D eigenvalue weighted by molar-refractivity contribution is -0.134. The number of likely N-dealkylation sites (tertiary alicyclic amines) is 1. The van der Waals surface area contributed by atoms with Gasteiger partial charge in [0.25, 0.3) is 5.56 Å². The van der Waals surface area contributed by atoms with Crippen molar-refractivity contribution in [1.82, 2.24) is 29.6 Å². The number of carbonyl (C=O) groups excluding carboxylic acids is 1. The number of rotatable bonds is 5. The Morgan fingerprint density at radius 3 is 2.39 bits per heavy atom. The Hall–Kier alpha value is -3.77. The summed E-state index contributed by atoms with van der Waals surface area (Å²) in [4.78, 5) is 36.6. The summed E-state index contributed by atoms with van der Waals surface area (Å²) >= 11 is 0. The fraction of sp³-hybridized carbons (Fsp3) is 0.448. The molecule has 0 saturated carbocycles. The van der Waals surface area contributed by atoms with E-state index in [-0.39, 0.29) is 21.5 Å². The largest absolute Gasteiger partial charge is 0.369 e. The second-order valence-electron chi connectivity index (χ2n) is 11.4. The first-order valence-corrected chi connectivity index (χ1v) is 15.5. The number of aromatic amines is 1. The first-order chi connectivity index (χ1) is 19.5. The summed E-state index contributed by atoms with van der Waals surface area (Å²) in [5.74, 6) is 0.196. The summed E-state index contributed by atoms with van der Waals surface area (Å²) < 4.78 is 28.6. The van der Waals surface area contributed by atoms with Gasteiger partial charge in [0.2, 0.25) is 20.8 Å². The van der Waals surface area contributed by atoms with Gasteiger partial charge in [-0.25, -0.2) is 18.1 Å². The summed E-state index contributed by atoms with van der Waals surface area (Å²) in [6, 6.07) is 11.2. The summed E-state index contributed by atoms with van der Waals surface area (Å²) in [7, 11) is -4.03. The van der Waals surface area contributed by atoms with E-state index in [4.69, 9.17) is 0 Å². The molecular formula is C29H35N7O4S. The van der Waals surface area contributed by atoms with Crippen molar-refractivity contribution in [1.29, 1.82) is 0 Å². The maximum absolute atomic E-state index is 13.6. The number of piperazine rings is 1. The molecule has 0 bridgehead atoms. The molecule has 0 spiro atoms. The quantitative estimate of drug-likeness (QED) is 0.384. The zero-order valence-corrected chi connectivity index (χ0v) is 24.6. The number of fused-ring (bicyclic) bond motifs is 3. The highest BCUT2D eigenvalue weighted by Gasteiger charge is 2.33. The molecule has 2 unspecified atom stereocenters. The van der Waals surface area contributed by atoms with E-state index in [0.29, 0.717) is 35.1 Å². The van der Waals surface area contributed by atoms with Gasteiger partial charge in [-0.1, -0.05) is 17.7 Å². The average molecular weight is 578 g/mol. The first kappa shape index (κ1) is 27.4. The van der Waals surface area contributed by atoms with Crippen molar-refractivity contribution in [3.8, 4) is 0 Å². The molecule has 1 N–H and O–H groups in total. The number of nitrogens with one attached hydrogen (secondary N) is 1. The van der Waals surface area contributed by atoms with Gasteiger partial charge >= 0.3 is 0 Å². The van der Waals surface area contributed by atoms with E-state index in [1.165, 1.54) is 4.52 Å². The zero-order valence-electron chi connectivity index (χ0n) is 23.8. The van der Waals surface area contributed by atoms with Crippen LogP contribution in [0.5, 0.6) is 0 Å². The minimum Gasteiger partial charge on any atom is -0.369 e. The van der Waals surface area contributed by atoms with Crippen molar-refractivity contribution in [3.05, 3.63) is 57.9 Å². The van der Waals surface area contributed by atoms with Crippen molar-refractivity contribution in [2.75, 3.05) is 37.6 Å². The summed E-state index contributed by atoms with van der Waals surface area (Å²) in [6.45, 7) is 11.2.